The van der Waals surface area contributed by atoms with E-state index in [4.69, 9.17) is 9.47 Å². The highest BCUT2D eigenvalue weighted by Crippen LogP contribution is 2.16. The van der Waals surface area contributed by atoms with Crippen molar-refractivity contribution in [1.82, 2.24) is 4.98 Å². The highest BCUT2D eigenvalue weighted by Gasteiger charge is 2.17. The van der Waals surface area contributed by atoms with Crippen molar-refractivity contribution in [3.63, 3.8) is 0 Å². The number of hydrogen-bond donors (Lipinski definition) is 1. The molecule has 1 aromatic heterocycles. The van der Waals surface area contributed by atoms with Crippen molar-refractivity contribution in [3.8, 4) is 5.88 Å². The van der Waals surface area contributed by atoms with Gasteiger partial charge in [-0.2, -0.15) is 0 Å². The third kappa shape index (κ3) is 3.59. The van der Waals surface area contributed by atoms with Gasteiger partial charge in [-0.1, -0.05) is 0 Å². The normalized spacial score (nSPS) is 17.2. The number of hydrogen-bond acceptors (Lipinski definition) is 4. The second-order valence-electron chi connectivity index (χ2n) is 4.95. The van der Waals surface area contributed by atoms with Crippen LogP contribution in [0.4, 0.5) is 10.1 Å². The van der Waals surface area contributed by atoms with Crippen molar-refractivity contribution in [1.29, 1.82) is 0 Å². The van der Waals surface area contributed by atoms with Crippen molar-refractivity contribution in [3.05, 3.63) is 54.0 Å². The van der Waals surface area contributed by atoms with Gasteiger partial charge in [-0.15, -0.1) is 0 Å². The average molecular weight is 302 g/mol. The molecule has 1 fully saturated rings. The zero-order valence-corrected chi connectivity index (χ0v) is 11.8. The summed E-state index contributed by atoms with van der Waals surface area (Å²) in [5.74, 6) is -0.194. The fourth-order valence-electron chi connectivity index (χ4n) is 2.10. The Morgan fingerprint density at radius 1 is 1.27 bits per heavy atom. The monoisotopic (exact) mass is 302 g/mol. The molecule has 0 spiro atoms. The molecule has 1 atom stereocenters. The number of nitrogens with one attached hydrogen (secondary N) is 1. The first-order valence-electron chi connectivity index (χ1n) is 6.98. The lowest BCUT2D eigenvalue weighted by Crippen LogP contribution is -2.17. The maximum Gasteiger partial charge on any atom is 0.257 e. The highest BCUT2D eigenvalue weighted by atomic mass is 19.1. The van der Waals surface area contributed by atoms with Crippen LogP contribution < -0.4 is 10.1 Å². The van der Waals surface area contributed by atoms with Crippen LogP contribution in [0.1, 0.15) is 16.8 Å². The summed E-state index contributed by atoms with van der Waals surface area (Å²) in [7, 11) is 0. The Hall–Kier alpha value is -2.47. The Kier molecular flexibility index (Phi) is 4.29. The quantitative estimate of drug-likeness (QED) is 0.943. The predicted molar refractivity (Wildman–Crippen MR) is 78.4 cm³/mol. The lowest BCUT2D eigenvalue weighted by atomic mass is 10.2. The van der Waals surface area contributed by atoms with Crippen molar-refractivity contribution >= 4 is 11.6 Å². The molecule has 0 aliphatic carbocycles. The first kappa shape index (κ1) is 14.5. The van der Waals surface area contributed by atoms with E-state index in [9.17, 15) is 9.18 Å². The molecular weight excluding hydrogens is 287 g/mol. The summed E-state index contributed by atoms with van der Waals surface area (Å²) in [5, 5.41) is 2.67. The van der Waals surface area contributed by atoms with Gasteiger partial charge in [0.05, 0.1) is 18.8 Å². The number of amides is 1. The molecule has 1 aromatic carbocycles. The summed E-state index contributed by atoms with van der Waals surface area (Å²) in [6.45, 7) is 1.26. The maximum atomic E-state index is 12.8. The number of carbonyl (C=O) groups is 1. The summed E-state index contributed by atoms with van der Waals surface area (Å²) in [6, 6.07) is 8.86. The van der Waals surface area contributed by atoms with Gasteiger partial charge in [0.25, 0.3) is 5.91 Å². The van der Waals surface area contributed by atoms with Crippen LogP contribution in [-0.4, -0.2) is 30.2 Å². The average Bonchev–Trinajstić information content (AvgIpc) is 3.03. The molecule has 3 rings (SSSR count). The molecule has 5 nitrogen and oxygen atoms in total. The number of anilines is 1. The Labute approximate surface area is 127 Å². The lowest BCUT2D eigenvalue weighted by molar-refractivity contribution is 0.102. The van der Waals surface area contributed by atoms with Gasteiger partial charge in [0.15, 0.2) is 0 Å². The molecule has 0 saturated carbocycles. The van der Waals surface area contributed by atoms with Gasteiger partial charge in [0.1, 0.15) is 11.9 Å². The van der Waals surface area contributed by atoms with E-state index in [0.717, 1.165) is 6.42 Å². The van der Waals surface area contributed by atoms with Gasteiger partial charge in [0.2, 0.25) is 5.88 Å². The van der Waals surface area contributed by atoms with Gasteiger partial charge in [0, 0.05) is 24.4 Å². The summed E-state index contributed by atoms with van der Waals surface area (Å²) in [6.07, 6.45) is 2.31. The van der Waals surface area contributed by atoms with Crippen LogP contribution in [0.5, 0.6) is 5.88 Å². The fraction of sp³-hybridized carbons (Fsp3) is 0.250. The molecule has 2 heterocycles. The Morgan fingerprint density at radius 3 is 2.73 bits per heavy atom. The van der Waals surface area contributed by atoms with Gasteiger partial charge in [-0.3, -0.25) is 4.79 Å². The van der Waals surface area contributed by atoms with Crippen LogP contribution in [0, 0.1) is 5.82 Å². The van der Waals surface area contributed by atoms with E-state index in [0.29, 0.717) is 30.3 Å². The number of rotatable bonds is 4. The third-order valence-corrected chi connectivity index (χ3v) is 3.28. The molecule has 1 amide bonds. The SMILES string of the molecule is O=C(Nc1ccc(F)cc1)c1ccc(OC2CCOC2)nc1. The number of pyridine rings is 1. The minimum absolute atomic E-state index is 0.0198. The number of nitrogens with zero attached hydrogens (tertiary/aromatic N) is 1. The van der Waals surface area contributed by atoms with Gasteiger partial charge < -0.3 is 14.8 Å². The summed E-state index contributed by atoms with van der Waals surface area (Å²) in [4.78, 5) is 16.2. The van der Waals surface area contributed by atoms with E-state index in [2.05, 4.69) is 10.3 Å². The molecule has 0 radical (unpaired) electrons. The first-order valence-corrected chi connectivity index (χ1v) is 6.98. The van der Waals surface area contributed by atoms with Gasteiger partial charge in [-0.25, -0.2) is 9.37 Å². The van der Waals surface area contributed by atoms with Crippen molar-refractivity contribution in [2.45, 2.75) is 12.5 Å². The molecule has 6 heteroatoms. The fourth-order valence-corrected chi connectivity index (χ4v) is 2.10. The predicted octanol–water partition coefficient (Wildman–Crippen LogP) is 2.64. The maximum absolute atomic E-state index is 12.8. The van der Waals surface area contributed by atoms with E-state index in [-0.39, 0.29) is 17.8 Å². The number of ether oxygens (including phenoxy) is 2. The Morgan fingerprint density at radius 2 is 2.09 bits per heavy atom. The number of aromatic nitrogens is 1. The molecule has 1 saturated heterocycles. The van der Waals surface area contributed by atoms with Crippen molar-refractivity contribution in [2.24, 2.45) is 0 Å². The first-order chi connectivity index (χ1) is 10.7. The Bertz CT molecular complexity index is 637. The van der Waals surface area contributed by atoms with Gasteiger partial charge in [-0.05, 0) is 30.3 Å². The van der Waals surface area contributed by atoms with Crippen LogP contribution in [-0.2, 0) is 4.74 Å². The number of benzene rings is 1. The second kappa shape index (κ2) is 6.53. The van der Waals surface area contributed by atoms with E-state index in [1.807, 2.05) is 0 Å². The van der Waals surface area contributed by atoms with Crippen LogP contribution in [0.15, 0.2) is 42.6 Å². The molecular formula is C16H15FN2O3. The second-order valence-corrected chi connectivity index (χ2v) is 4.95. The van der Waals surface area contributed by atoms with Crippen LogP contribution in [0.25, 0.3) is 0 Å². The van der Waals surface area contributed by atoms with Crippen molar-refractivity contribution < 1.29 is 18.7 Å². The Balaban J connectivity index is 1.61. The minimum atomic E-state index is -0.350. The highest BCUT2D eigenvalue weighted by molar-refractivity contribution is 6.04. The van der Waals surface area contributed by atoms with Gasteiger partial charge >= 0.3 is 0 Å². The molecule has 0 bridgehead atoms. The standard InChI is InChI=1S/C16H15FN2O3/c17-12-2-4-13(5-3-12)19-16(20)11-1-6-15(18-9-11)22-14-7-8-21-10-14/h1-6,9,14H,7-8,10H2,(H,19,20). The number of carbonyl (C=O) groups excluding carboxylic acids is 1. The number of halogens is 1. The van der Waals surface area contributed by atoms with Crippen LogP contribution >= 0.6 is 0 Å². The molecule has 1 aliphatic heterocycles. The van der Waals surface area contributed by atoms with E-state index in [1.54, 1.807) is 12.1 Å². The smallest absolute Gasteiger partial charge is 0.257 e. The minimum Gasteiger partial charge on any atom is -0.472 e. The van der Waals surface area contributed by atoms with E-state index in [1.165, 1.54) is 30.5 Å². The molecule has 1 unspecified atom stereocenters. The zero-order valence-electron chi connectivity index (χ0n) is 11.8. The molecule has 22 heavy (non-hydrogen) atoms. The third-order valence-electron chi connectivity index (χ3n) is 3.28. The molecule has 1 aliphatic rings. The zero-order chi connectivity index (χ0) is 15.4. The summed E-state index contributed by atoms with van der Waals surface area (Å²) >= 11 is 0. The van der Waals surface area contributed by atoms with E-state index >= 15 is 0 Å². The van der Waals surface area contributed by atoms with E-state index < -0.39 is 0 Å². The lowest BCUT2D eigenvalue weighted by Gasteiger charge is -2.11. The summed E-state index contributed by atoms with van der Waals surface area (Å²) in [5.41, 5.74) is 0.925. The van der Waals surface area contributed by atoms with Crippen molar-refractivity contribution in [2.75, 3.05) is 18.5 Å². The topological polar surface area (TPSA) is 60.5 Å². The van der Waals surface area contributed by atoms with Crippen LogP contribution in [0.2, 0.25) is 0 Å². The molecule has 2 aromatic rings. The molecule has 114 valence electrons. The summed E-state index contributed by atoms with van der Waals surface area (Å²) < 4.78 is 23.7. The van der Waals surface area contributed by atoms with Crippen LogP contribution in [0.3, 0.4) is 0 Å². The largest absolute Gasteiger partial charge is 0.472 e. The molecule has 1 N–H and O–H groups in total.